The molecule has 25 heavy (non-hydrogen) atoms. The highest BCUT2D eigenvalue weighted by atomic mass is 19.4. The predicted octanol–water partition coefficient (Wildman–Crippen LogP) is 4.64. The van der Waals surface area contributed by atoms with E-state index in [2.05, 4.69) is 11.9 Å². The average molecular weight is 366 g/mol. The molecule has 0 aromatic heterocycles. The molecule has 1 atom stereocenters. The molecule has 0 radical (unpaired) electrons. The highest BCUT2D eigenvalue weighted by Crippen LogP contribution is 2.39. The SMILES string of the molecule is C=C(C)C[C@@H](c1cc(C(F)(F)F)cc(C(F)(F)F)c1)N1CCNCC1. The van der Waals surface area contributed by atoms with Gasteiger partial charge in [-0.25, -0.2) is 0 Å². The van der Waals surface area contributed by atoms with Crippen molar-refractivity contribution >= 4 is 0 Å². The van der Waals surface area contributed by atoms with E-state index in [1.165, 1.54) is 0 Å². The molecule has 0 saturated carbocycles. The lowest BCUT2D eigenvalue weighted by Gasteiger charge is -2.36. The van der Waals surface area contributed by atoms with Crippen LogP contribution in [0, 0.1) is 0 Å². The molecule has 140 valence electrons. The normalized spacial score (nSPS) is 18.2. The second-order valence-corrected chi connectivity index (χ2v) is 6.30. The van der Waals surface area contributed by atoms with Crippen molar-refractivity contribution in [2.24, 2.45) is 0 Å². The topological polar surface area (TPSA) is 15.3 Å². The summed E-state index contributed by atoms with van der Waals surface area (Å²) >= 11 is 0. The molecule has 1 aliphatic heterocycles. The van der Waals surface area contributed by atoms with Crippen LogP contribution in [-0.4, -0.2) is 31.1 Å². The van der Waals surface area contributed by atoms with Gasteiger partial charge in [0.25, 0.3) is 0 Å². The van der Waals surface area contributed by atoms with Gasteiger partial charge in [0.1, 0.15) is 0 Å². The molecule has 0 aliphatic carbocycles. The third-order valence-corrected chi connectivity index (χ3v) is 4.13. The molecule has 1 aromatic rings. The maximum absolute atomic E-state index is 13.1. The summed E-state index contributed by atoms with van der Waals surface area (Å²) in [5.41, 5.74) is -1.83. The third-order valence-electron chi connectivity index (χ3n) is 4.13. The van der Waals surface area contributed by atoms with E-state index in [1.807, 2.05) is 4.90 Å². The molecule has 1 N–H and O–H groups in total. The second kappa shape index (κ2) is 7.37. The molecule has 0 amide bonds. The van der Waals surface area contributed by atoms with Crippen molar-refractivity contribution in [2.45, 2.75) is 31.7 Å². The summed E-state index contributed by atoms with van der Waals surface area (Å²) in [6.45, 7) is 7.86. The fourth-order valence-electron chi connectivity index (χ4n) is 2.95. The first-order valence-electron chi connectivity index (χ1n) is 7.87. The van der Waals surface area contributed by atoms with Gasteiger partial charge in [0.05, 0.1) is 11.1 Å². The van der Waals surface area contributed by atoms with E-state index in [4.69, 9.17) is 0 Å². The van der Waals surface area contributed by atoms with Crippen LogP contribution in [0.25, 0.3) is 0 Å². The largest absolute Gasteiger partial charge is 0.416 e. The monoisotopic (exact) mass is 366 g/mol. The molecule has 0 spiro atoms. The van der Waals surface area contributed by atoms with Gasteiger partial charge in [-0.1, -0.05) is 5.57 Å². The van der Waals surface area contributed by atoms with Crippen LogP contribution in [-0.2, 0) is 12.4 Å². The van der Waals surface area contributed by atoms with E-state index >= 15 is 0 Å². The number of nitrogens with zero attached hydrogens (tertiary/aromatic N) is 1. The van der Waals surface area contributed by atoms with Crippen LogP contribution in [0.2, 0.25) is 0 Å². The average Bonchev–Trinajstić information content (AvgIpc) is 2.51. The molecule has 1 aromatic carbocycles. The van der Waals surface area contributed by atoms with Crippen molar-refractivity contribution < 1.29 is 26.3 Å². The first-order chi connectivity index (χ1) is 11.5. The van der Waals surface area contributed by atoms with Crippen molar-refractivity contribution in [3.63, 3.8) is 0 Å². The third kappa shape index (κ3) is 5.22. The van der Waals surface area contributed by atoms with Gasteiger partial charge in [0.15, 0.2) is 0 Å². The van der Waals surface area contributed by atoms with Crippen molar-refractivity contribution in [3.8, 4) is 0 Å². The van der Waals surface area contributed by atoms with E-state index in [1.54, 1.807) is 6.92 Å². The number of hydrogen-bond donors (Lipinski definition) is 1. The molecule has 0 bridgehead atoms. The first-order valence-corrected chi connectivity index (χ1v) is 7.87. The standard InChI is InChI=1S/C17H20F6N2/c1-11(2)7-15(25-5-3-24-4-6-25)12-8-13(16(18,19)20)10-14(9-12)17(21,22)23/h8-10,15,24H,1,3-7H2,2H3/t15-/m0/s1. The minimum absolute atomic E-state index is 0.0204. The van der Waals surface area contributed by atoms with Gasteiger partial charge in [0.2, 0.25) is 0 Å². The Labute approximate surface area is 142 Å². The number of alkyl halides is 6. The van der Waals surface area contributed by atoms with E-state index < -0.39 is 29.5 Å². The quantitative estimate of drug-likeness (QED) is 0.617. The van der Waals surface area contributed by atoms with Crippen LogP contribution in [0.3, 0.4) is 0 Å². The Hall–Kier alpha value is -1.54. The molecular formula is C17H20F6N2. The zero-order valence-corrected chi connectivity index (χ0v) is 13.8. The predicted molar refractivity (Wildman–Crippen MR) is 83.1 cm³/mol. The van der Waals surface area contributed by atoms with Gasteiger partial charge < -0.3 is 5.32 Å². The lowest BCUT2D eigenvalue weighted by Crippen LogP contribution is -2.45. The Kier molecular flexibility index (Phi) is 5.83. The zero-order chi connectivity index (χ0) is 18.8. The van der Waals surface area contributed by atoms with Crippen molar-refractivity contribution in [1.82, 2.24) is 10.2 Å². The van der Waals surface area contributed by atoms with Crippen LogP contribution in [0.4, 0.5) is 26.3 Å². The van der Waals surface area contributed by atoms with Gasteiger partial charge in [0, 0.05) is 32.2 Å². The summed E-state index contributed by atoms with van der Waals surface area (Å²) in [4.78, 5) is 1.90. The summed E-state index contributed by atoms with van der Waals surface area (Å²) in [6.07, 6.45) is -9.38. The van der Waals surface area contributed by atoms with Gasteiger partial charge in [-0.15, -0.1) is 6.58 Å². The van der Waals surface area contributed by atoms with Gasteiger partial charge in [-0.2, -0.15) is 26.3 Å². The number of piperazine rings is 1. The maximum Gasteiger partial charge on any atom is 0.416 e. The smallest absolute Gasteiger partial charge is 0.314 e. The van der Waals surface area contributed by atoms with E-state index in [0.29, 0.717) is 38.2 Å². The molecule has 1 heterocycles. The highest BCUT2D eigenvalue weighted by molar-refractivity contribution is 5.36. The minimum atomic E-state index is -4.84. The Morgan fingerprint density at radius 1 is 1.04 bits per heavy atom. The van der Waals surface area contributed by atoms with Crippen molar-refractivity contribution in [3.05, 3.63) is 47.0 Å². The molecule has 1 aliphatic rings. The van der Waals surface area contributed by atoms with Gasteiger partial charge >= 0.3 is 12.4 Å². The van der Waals surface area contributed by atoms with Crippen LogP contribution in [0.5, 0.6) is 0 Å². The van der Waals surface area contributed by atoms with Crippen molar-refractivity contribution in [1.29, 1.82) is 0 Å². The fraction of sp³-hybridized carbons (Fsp3) is 0.529. The molecule has 1 fully saturated rings. The van der Waals surface area contributed by atoms with Crippen LogP contribution < -0.4 is 5.32 Å². The number of benzene rings is 1. The van der Waals surface area contributed by atoms with Crippen LogP contribution in [0.1, 0.15) is 36.1 Å². The van der Waals surface area contributed by atoms with Gasteiger partial charge in [-0.05, 0) is 37.1 Å². The van der Waals surface area contributed by atoms with Gasteiger partial charge in [-0.3, -0.25) is 4.90 Å². The summed E-state index contributed by atoms with van der Waals surface area (Å²) in [6, 6.07) is 1.25. The highest BCUT2D eigenvalue weighted by Gasteiger charge is 2.38. The fourth-order valence-corrected chi connectivity index (χ4v) is 2.95. The molecule has 8 heteroatoms. The number of nitrogens with one attached hydrogen (secondary N) is 1. The number of hydrogen-bond acceptors (Lipinski definition) is 2. The molecular weight excluding hydrogens is 346 g/mol. The Morgan fingerprint density at radius 2 is 1.52 bits per heavy atom. The lowest BCUT2D eigenvalue weighted by atomic mass is 9.94. The lowest BCUT2D eigenvalue weighted by molar-refractivity contribution is -0.143. The summed E-state index contributed by atoms with van der Waals surface area (Å²) in [5.74, 6) is 0. The second-order valence-electron chi connectivity index (χ2n) is 6.30. The summed E-state index contributed by atoms with van der Waals surface area (Å²) in [7, 11) is 0. The summed E-state index contributed by atoms with van der Waals surface area (Å²) < 4.78 is 78.6. The van der Waals surface area contributed by atoms with E-state index in [-0.39, 0.29) is 11.6 Å². The Bertz CT molecular complexity index is 582. The zero-order valence-electron chi connectivity index (χ0n) is 13.8. The molecule has 1 saturated heterocycles. The number of halogens is 6. The van der Waals surface area contributed by atoms with E-state index in [9.17, 15) is 26.3 Å². The molecule has 0 unspecified atom stereocenters. The van der Waals surface area contributed by atoms with Crippen LogP contribution in [0.15, 0.2) is 30.4 Å². The number of rotatable bonds is 4. The molecule has 2 rings (SSSR count). The maximum atomic E-state index is 13.1. The summed E-state index contributed by atoms with van der Waals surface area (Å²) in [5, 5.41) is 3.12. The first kappa shape index (κ1) is 19.8. The Morgan fingerprint density at radius 3 is 1.92 bits per heavy atom. The Balaban J connectivity index is 2.52. The van der Waals surface area contributed by atoms with Crippen molar-refractivity contribution in [2.75, 3.05) is 26.2 Å². The molecule has 2 nitrogen and oxygen atoms in total. The van der Waals surface area contributed by atoms with E-state index in [0.717, 1.165) is 12.1 Å². The van der Waals surface area contributed by atoms with Crippen LogP contribution >= 0.6 is 0 Å². The minimum Gasteiger partial charge on any atom is -0.314 e.